The van der Waals surface area contributed by atoms with Crippen LogP contribution in [0.25, 0.3) is 0 Å². The van der Waals surface area contributed by atoms with Crippen molar-refractivity contribution in [1.29, 1.82) is 0 Å². The lowest BCUT2D eigenvalue weighted by molar-refractivity contribution is -0.149. The highest BCUT2D eigenvalue weighted by Crippen LogP contribution is 2.18. The molecular weight excluding hydrogens is 781 g/mol. The number of rotatable bonds is 46. The molecule has 0 saturated heterocycles. The van der Waals surface area contributed by atoms with Crippen LogP contribution in [0.5, 0.6) is 0 Å². The van der Waals surface area contributed by atoms with Gasteiger partial charge in [0, 0.05) is 18.6 Å². The number of carboxylic acid groups (broad SMARTS) is 2. The van der Waals surface area contributed by atoms with E-state index >= 15 is 0 Å². The number of carbonyl (C=O) groups excluding carboxylic acids is 3. The van der Waals surface area contributed by atoms with E-state index in [9.17, 15) is 29.1 Å². The monoisotopic (exact) mass is 871 g/mol. The van der Waals surface area contributed by atoms with Crippen molar-refractivity contribution in [3.63, 3.8) is 0 Å². The summed E-state index contributed by atoms with van der Waals surface area (Å²) < 4.78 is 10.9. The molecule has 0 saturated carbocycles. The Morgan fingerprint density at radius 3 is 1.22 bits per heavy atom. The first-order valence-electron chi connectivity index (χ1n) is 24.6. The number of amides is 1. The van der Waals surface area contributed by atoms with Crippen LogP contribution in [0.4, 0.5) is 0 Å². The molecule has 0 heterocycles. The second kappa shape index (κ2) is 43.3. The van der Waals surface area contributed by atoms with Crippen LogP contribution in [0.3, 0.4) is 0 Å². The predicted octanol–water partition coefficient (Wildman–Crippen LogP) is 11.8. The van der Waals surface area contributed by atoms with Gasteiger partial charge in [-0.2, -0.15) is 0 Å². The van der Waals surface area contributed by atoms with E-state index in [0.717, 1.165) is 50.3 Å². The SMILES string of the molecule is CCCCCCCCCCCCCCCCCCOC(=O)CC[C@H](NC(=O)CC(SC[C@@H](N)C(=O)O)C(=O)O)C(=O)OCCCCCCCCCCCCCCCCCC. The van der Waals surface area contributed by atoms with Gasteiger partial charge < -0.3 is 30.7 Å². The smallest absolute Gasteiger partial charge is 0.328 e. The van der Waals surface area contributed by atoms with Gasteiger partial charge in [0.2, 0.25) is 5.91 Å². The number of carbonyl (C=O) groups is 5. The summed E-state index contributed by atoms with van der Waals surface area (Å²) in [5, 5.41) is 19.9. The Labute approximate surface area is 370 Å². The number of esters is 2. The van der Waals surface area contributed by atoms with E-state index in [0.29, 0.717) is 13.0 Å². The van der Waals surface area contributed by atoms with Crippen molar-refractivity contribution >= 4 is 41.5 Å². The molecular formula is C48H90N2O9S. The lowest BCUT2D eigenvalue weighted by Crippen LogP contribution is -2.44. The average molecular weight is 871 g/mol. The summed E-state index contributed by atoms with van der Waals surface area (Å²) >= 11 is 0.750. The molecule has 1 amide bonds. The highest BCUT2D eigenvalue weighted by molar-refractivity contribution is 8.00. The lowest BCUT2D eigenvalue weighted by Gasteiger charge is -2.19. The van der Waals surface area contributed by atoms with Gasteiger partial charge in [-0.05, 0) is 19.3 Å². The summed E-state index contributed by atoms with van der Waals surface area (Å²) in [5.74, 6) is -4.64. The predicted molar refractivity (Wildman–Crippen MR) is 246 cm³/mol. The molecule has 0 aromatic rings. The van der Waals surface area contributed by atoms with Crippen LogP contribution in [0.15, 0.2) is 0 Å². The van der Waals surface area contributed by atoms with E-state index in [2.05, 4.69) is 19.2 Å². The van der Waals surface area contributed by atoms with Crippen LogP contribution in [0.2, 0.25) is 0 Å². The summed E-state index contributed by atoms with van der Waals surface area (Å²) in [7, 11) is 0. The minimum atomic E-state index is -1.30. The van der Waals surface area contributed by atoms with Crippen molar-refractivity contribution in [3.05, 3.63) is 0 Å². The summed E-state index contributed by atoms with van der Waals surface area (Å²) in [5.41, 5.74) is 5.51. The van der Waals surface area contributed by atoms with Crippen LogP contribution in [-0.2, 0) is 33.4 Å². The van der Waals surface area contributed by atoms with Gasteiger partial charge >= 0.3 is 23.9 Å². The lowest BCUT2D eigenvalue weighted by atomic mass is 10.0. The van der Waals surface area contributed by atoms with E-state index in [1.54, 1.807) is 0 Å². The standard InChI is InChI=1S/C48H90N2O9S/c1-3-5-7-9-11-13-15-17-19-21-23-25-27-29-31-33-37-58-45(52)36-35-42(50-44(51)39-43(47(55)56)60-40-41(49)46(53)54)48(57)59-38-34-32-30-28-26-24-22-20-18-16-14-12-10-8-6-4-2/h41-43H,3-40,49H2,1-2H3,(H,50,51)(H,53,54)(H,55,56)/t41-,42+,43?/m1/s1. The zero-order valence-electron chi connectivity index (χ0n) is 38.3. The Balaban J connectivity index is 4.48. The zero-order valence-corrected chi connectivity index (χ0v) is 39.2. The Morgan fingerprint density at radius 2 is 0.867 bits per heavy atom. The summed E-state index contributed by atoms with van der Waals surface area (Å²) in [4.78, 5) is 61.5. The summed E-state index contributed by atoms with van der Waals surface area (Å²) in [6.07, 6.45) is 39.2. The van der Waals surface area contributed by atoms with Crippen molar-refractivity contribution in [2.45, 2.75) is 256 Å². The topological polar surface area (TPSA) is 182 Å². The first-order valence-corrected chi connectivity index (χ1v) is 25.6. The van der Waals surface area contributed by atoms with Crippen molar-refractivity contribution in [2.75, 3.05) is 19.0 Å². The highest BCUT2D eigenvalue weighted by Gasteiger charge is 2.28. The largest absolute Gasteiger partial charge is 0.480 e. The molecule has 0 aliphatic rings. The molecule has 0 aliphatic carbocycles. The first kappa shape index (κ1) is 57.7. The van der Waals surface area contributed by atoms with Gasteiger partial charge in [0.05, 0.1) is 13.2 Å². The van der Waals surface area contributed by atoms with Gasteiger partial charge in [0.25, 0.3) is 0 Å². The Kier molecular flexibility index (Phi) is 41.6. The van der Waals surface area contributed by atoms with Gasteiger partial charge in [-0.15, -0.1) is 11.8 Å². The number of hydrogen-bond acceptors (Lipinski definition) is 9. The molecule has 352 valence electrons. The minimum absolute atomic E-state index is 0.0455. The van der Waals surface area contributed by atoms with Crippen molar-refractivity contribution < 1.29 is 43.7 Å². The minimum Gasteiger partial charge on any atom is -0.480 e. The third-order valence-corrected chi connectivity index (χ3v) is 12.5. The number of ether oxygens (including phenoxy) is 2. The molecule has 11 nitrogen and oxygen atoms in total. The van der Waals surface area contributed by atoms with Crippen LogP contribution in [-0.4, -0.2) is 76.3 Å². The normalized spacial score (nSPS) is 12.8. The van der Waals surface area contributed by atoms with Gasteiger partial charge in [-0.3, -0.25) is 19.2 Å². The van der Waals surface area contributed by atoms with Gasteiger partial charge in [-0.1, -0.05) is 206 Å². The van der Waals surface area contributed by atoms with E-state index in [1.165, 1.54) is 161 Å². The fourth-order valence-electron chi connectivity index (χ4n) is 7.27. The maximum absolute atomic E-state index is 13.1. The van der Waals surface area contributed by atoms with Gasteiger partial charge in [0.1, 0.15) is 17.3 Å². The van der Waals surface area contributed by atoms with E-state index in [4.69, 9.17) is 20.3 Å². The first-order chi connectivity index (χ1) is 29.1. The quantitative estimate of drug-likeness (QED) is 0.0337. The summed E-state index contributed by atoms with van der Waals surface area (Å²) in [6, 6.07) is -2.43. The van der Waals surface area contributed by atoms with Crippen LogP contribution in [0.1, 0.15) is 239 Å². The molecule has 0 bridgehead atoms. The highest BCUT2D eigenvalue weighted by atomic mass is 32.2. The van der Waals surface area contributed by atoms with E-state index < -0.39 is 53.5 Å². The third-order valence-electron chi connectivity index (χ3n) is 11.2. The Hall–Kier alpha value is -2.34. The molecule has 0 aliphatic heterocycles. The number of unbranched alkanes of at least 4 members (excludes halogenated alkanes) is 30. The number of nitrogens with one attached hydrogen (secondary N) is 1. The average Bonchev–Trinajstić information content (AvgIpc) is 3.22. The number of hydrogen-bond donors (Lipinski definition) is 4. The molecule has 0 fully saturated rings. The third kappa shape index (κ3) is 38.6. The number of nitrogens with two attached hydrogens (primary N) is 1. The molecule has 3 atom stereocenters. The van der Waals surface area contributed by atoms with Gasteiger partial charge in [0.15, 0.2) is 0 Å². The number of aliphatic carboxylic acids is 2. The molecule has 1 unspecified atom stereocenters. The molecule has 0 aromatic heterocycles. The van der Waals surface area contributed by atoms with Gasteiger partial charge in [-0.25, -0.2) is 4.79 Å². The summed E-state index contributed by atoms with van der Waals surface area (Å²) in [6.45, 7) is 5.00. The van der Waals surface area contributed by atoms with E-state index in [1.807, 2.05) is 0 Å². The molecule has 0 radical (unpaired) electrons. The Bertz CT molecular complexity index is 1060. The second-order valence-electron chi connectivity index (χ2n) is 17.0. The fourth-order valence-corrected chi connectivity index (χ4v) is 8.27. The second-order valence-corrected chi connectivity index (χ2v) is 18.2. The molecule has 12 heteroatoms. The van der Waals surface area contributed by atoms with E-state index in [-0.39, 0.29) is 25.2 Å². The van der Waals surface area contributed by atoms with Crippen molar-refractivity contribution in [3.8, 4) is 0 Å². The molecule has 0 aromatic carbocycles. The zero-order chi connectivity index (χ0) is 44.3. The van der Waals surface area contributed by atoms with Crippen LogP contribution in [0, 0.1) is 0 Å². The maximum Gasteiger partial charge on any atom is 0.328 e. The van der Waals surface area contributed by atoms with Crippen molar-refractivity contribution in [2.24, 2.45) is 5.73 Å². The fraction of sp³-hybridized carbons (Fsp3) is 0.896. The van der Waals surface area contributed by atoms with Crippen LogP contribution < -0.4 is 11.1 Å². The Morgan fingerprint density at radius 1 is 0.517 bits per heavy atom. The molecule has 5 N–H and O–H groups in total. The van der Waals surface area contributed by atoms with Crippen LogP contribution >= 0.6 is 11.8 Å². The molecule has 60 heavy (non-hydrogen) atoms. The number of carboxylic acids is 2. The number of thioether (sulfide) groups is 1. The van der Waals surface area contributed by atoms with Crippen molar-refractivity contribution in [1.82, 2.24) is 5.32 Å². The molecule has 0 spiro atoms. The molecule has 0 rings (SSSR count). The maximum atomic E-state index is 13.1.